The van der Waals surface area contributed by atoms with Crippen molar-refractivity contribution in [2.24, 2.45) is 0 Å². The van der Waals surface area contributed by atoms with Gasteiger partial charge in [0.1, 0.15) is 24.5 Å². The van der Waals surface area contributed by atoms with E-state index < -0.39 is 5.97 Å². The van der Waals surface area contributed by atoms with Gasteiger partial charge in [0.2, 0.25) is 0 Å². The Kier molecular flexibility index (Phi) is 5.14. The summed E-state index contributed by atoms with van der Waals surface area (Å²) in [6.45, 7) is 7.85. The molecule has 0 unspecified atom stereocenters. The molecule has 1 aromatic heterocycles. The molecular weight excluding hydrogens is 322 g/mol. The molecule has 3 rings (SSSR count). The predicted molar refractivity (Wildman–Crippen MR) is 90.3 cm³/mol. The second-order valence-corrected chi connectivity index (χ2v) is 5.94. The highest BCUT2D eigenvalue weighted by atomic mass is 16.5. The quantitative estimate of drug-likeness (QED) is 0.592. The number of nitrogens with zero attached hydrogens (tertiary/aromatic N) is 3. The fourth-order valence-corrected chi connectivity index (χ4v) is 2.79. The van der Waals surface area contributed by atoms with E-state index in [9.17, 15) is 4.79 Å². The molecule has 2 heterocycles. The van der Waals surface area contributed by atoms with Crippen molar-refractivity contribution >= 4 is 5.97 Å². The number of methoxy groups -OCH3 is 1. The Morgan fingerprint density at radius 3 is 3.00 bits per heavy atom. The number of allylic oxidation sites excluding steroid dienone is 1. The fraction of sp³-hybridized carbons (Fsp3) is 0.389. The minimum Gasteiger partial charge on any atom is -0.484 e. The Hall–Kier alpha value is -2.67. The standard InChI is InChI=1S/C18H21N3O4/c1-12(2)9-13-5-4-6-14(18(22)23-3)17(13)25-11-16-20-19-15-10-24-8-7-21(15)16/h4-6H,1,7-11H2,2-3H3. The Morgan fingerprint density at radius 1 is 1.40 bits per heavy atom. The van der Waals surface area contributed by atoms with Gasteiger partial charge in [0.15, 0.2) is 11.6 Å². The van der Waals surface area contributed by atoms with Crippen LogP contribution in [-0.2, 0) is 35.7 Å². The van der Waals surface area contributed by atoms with Crippen molar-refractivity contribution in [3.05, 3.63) is 53.1 Å². The summed E-state index contributed by atoms with van der Waals surface area (Å²) in [6, 6.07) is 5.42. The monoisotopic (exact) mass is 343 g/mol. The third kappa shape index (κ3) is 3.71. The molecule has 0 bridgehead atoms. The van der Waals surface area contributed by atoms with Gasteiger partial charge in [-0.2, -0.15) is 0 Å². The van der Waals surface area contributed by atoms with Crippen molar-refractivity contribution in [3.63, 3.8) is 0 Å². The molecule has 1 aliphatic heterocycles. The molecule has 0 radical (unpaired) electrons. The van der Waals surface area contributed by atoms with Gasteiger partial charge in [-0.3, -0.25) is 0 Å². The maximum atomic E-state index is 12.1. The number of para-hydroxylation sites is 1. The minimum atomic E-state index is -0.435. The van der Waals surface area contributed by atoms with Gasteiger partial charge in [0, 0.05) is 6.54 Å². The molecule has 0 spiro atoms. The molecule has 0 amide bonds. The number of carbonyl (C=O) groups is 1. The van der Waals surface area contributed by atoms with E-state index in [0.29, 0.717) is 43.3 Å². The lowest BCUT2D eigenvalue weighted by atomic mass is 10.0. The fourth-order valence-electron chi connectivity index (χ4n) is 2.79. The van der Waals surface area contributed by atoms with Crippen LogP contribution in [0.5, 0.6) is 5.75 Å². The third-order valence-electron chi connectivity index (χ3n) is 3.93. The van der Waals surface area contributed by atoms with Gasteiger partial charge in [-0.15, -0.1) is 10.2 Å². The van der Waals surface area contributed by atoms with Crippen molar-refractivity contribution in [3.8, 4) is 5.75 Å². The van der Waals surface area contributed by atoms with E-state index in [-0.39, 0.29) is 6.61 Å². The third-order valence-corrected chi connectivity index (χ3v) is 3.93. The first-order valence-corrected chi connectivity index (χ1v) is 8.06. The Bertz CT molecular complexity index is 798. The van der Waals surface area contributed by atoms with Crippen LogP contribution in [0.1, 0.15) is 34.5 Å². The normalized spacial score (nSPS) is 13.2. The number of esters is 1. The van der Waals surface area contributed by atoms with Crippen molar-refractivity contribution < 1.29 is 19.0 Å². The summed E-state index contributed by atoms with van der Waals surface area (Å²) in [7, 11) is 1.35. The summed E-state index contributed by atoms with van der Waals surface area (Å²) in [6.07, 6.45) is 0.617. The molecule has 25 heavy (non-hydrogen) atoms. The highest BCUT2D eigenvalue weighted by Gasteiger charge is 2.20. The van der Waals surface area contributed by atoms with Gasteiger partial charge in [0.25, 0.3) is 0 Å². The van der Waals surface area contributed by atoms with Crippen LogP contribution in [0.15, 0.2) is 30.4 Å². The second-order valence-electron chi connectivity index (χ2n) is 5.94. The zero-order chi connectivity index (χ0) is 17.8. The molecule has 0 saturated heterocycles. The molecule has 0 N–H and O–H groups in total. The maximum Gasteiger partial charge on any atom is 0.341 e. The van der Waals surface area contributed by atoms with E-state index in [1.165, 1.54) is 7.11 Å². The smallest absolute Gasteiger partial charge is 0.341 e. The predicted octanol–water partition coefficient (Wildman–Crippen LogP) is 2.29. The van der Waals surface area contributed by atoms with Gasteiger partial charge in [-0.1, -0.05) is 24.3 Å². The van der Waals surface area contributed by atoms with E-state index in [1.54, 1.807) is 6.07 Å². The number of aromatic nitrogens is 3. The summed E-state index contributed by atoms with van der Waals surface area (Å²) in [5, 5.41) is 8.29. The zero-order valence-corrected chi connectivity index (χ0v) is 14.4. The largest absolute Gasteiger partial charge is 0.484 e. The number of fused-ring (bicyclic) bond motifs is 1. The lowest BCUT2D eigenvalue weighted by Crippen LogP contribution is -2.19. The number of benzene rings is 1. The van der Waals surface area contributed by atoms with Crippen LogP contribution in [0.4, 0.5) is 0 Å². The summed E-state index contributed by atoms with van der Waals surface area (Å²) in [5.74, 6) is 1.56. The molecule has 0 fully saturated rings. The van der Waals surface area contributed by atoms with Crippen LogP contribution >= 0.6 is 0 Å². The minimum absolute atomic E-state index is 0.212. The number of carbonyl (C=O) groups excluding carboxylic acids is 1. The van der Waals surface area contributed by atoms with Gasteiger partial charge in [0.05, 0.1) is 13.7 Å². The zero-order valence-electron chi connectivity index (χ0n) is 14.4. The van der Waals surface area contributed by atoms with Crippen LogP contribution < -0.4 is 4.74 Å². The topological polar surface area (TPSA) is 75.5 Å². The SMILES string of the molecule is C=C(C)Cc1cccc(C(=O)OC)c1OCc1nnc2n1CCOC2. The Labute approximate surface area is 146 Å². The summed E-state index contributed by atoms with van der Waals surface area (Å²) in [4.78, 5) is 12.1. The molecule has 0 atom stereocenters. The van der Waals surface area contributed by atoms with Crippen LogP contribution in [-0.4, -0.2) is 34.5 Å². The van der Waals surface area contributed by atoms with Gasteiger partial charge >= 0.3 is 5.97 Å². The van der Waals surface area contributed by atoms with E-state index in [0.717, 1.165) is 17.0 Å². The Balaban J connectivity index is 1.88. The van der Waals surface area contributed by atoms with Gasteiger partial charge in [-0.05, 0) is 25.0 Å². The van der Waals surface area contributed by atoms with E-state index in [2.05, 4.69) is 16.8 Å². The first-order valence-electron chi connectivity index (χ1n) is 8.06. The summed E-state index contributed by atoms with van der Waals surface area (Å²) in [5.41, 5.74) is 2.25. The van der Waals surface area contributed by atoms with E-state index >= 15 is 0 Å². The van der Waals surface area contributed by atoms with Crippen LogP contribution in [0.25, 0.3) is 0 Å². The molecule has 0 saturated carbocycles. The molecule has 7 heteroatoms. The average molecular weight is 343 g/mol. The molecular formula is C18H21N3O4. The molecule has 132 valence electrons. The van der Waals surface area contributed by atoms with Crippen molar-refractivity contribution in [2.45, 2.75) is 33.1 Å². The lowest BCUT2D eigenvalue weighted by Gasteiger charge is -2.17. The van der Waals surface area contributed by atoms with Crippen molar-refractivity contribution in [2.75, 3.05) is 13.7 Å². The van der Waals surface area contributed by atoms with E-state index in [1.807, 2.05) is 23.6 Å². The first kappa shape index (κ1) is 17.2. The molecule has 7 nitrogen and oxygen atoms in total. The van der Waals surface area contributed by atoms with Crippen LogP contribution in [0.2, 0.25) is 0 Å². The van der Waals surface area contributed by atoms with Crippen LogP contribution in [0, 0.1) is 0 Å². The van der Waals surface area contributed by atoms with Crippen molar-refractivity contribution in [1.82, 2.24) is 14.8 Å². The number of rotatable bonds is 6. The van der Waals surface area contributed by atoms with E-state index in [4.69, 9.17) is 14.2 Å². The number of hydrogen-bond donors (Lipinski definition) is 0. The highest BCUT2D eigenvalue weighted by Crippen LogP contribution is 2.28. The lowest BCUT2D eigenvalue weighted by molar-refractivity contribution is 0.0594. The first-order chi connectivity index (χ1) is 12.1. The van der Waals surface area contributed by atoms with Gasteiger partial charge in [-0.25, -0.2) is 4.79 Å². The summed E-state index contributed by atoms with van der Waals surface area (Å²) < 4.78 is 18.2. The maximum absolute atomic E-state index is 12.1. The van der Waals surface area contributed by atoms with Crippen molar-refractivity contribution in [1.29, 1.82) is 0 Å². The molecule has 1 aromatic carbocycles. The number of hydrogen-bond acceptors (Lipinski definition) is 6. The average Bonchev–Trinajstić information content (AvgIpc) is 3.02. The second kappa shape index (κ2) is 7.48. The summed E-state index contributed by atoms with van der Waals surface area (Å²) >= 11 is 0. The molecule has 2 aromatic rings. The Morgan fingerprint density at radius 2 is 2.24 bits per heavy atom. The van der Waals surface area contributed by atoms with Crippen LogP contribution in [0.3, 0.4) is 0 Å². The molecule has 1 aliphatic rings. The number of ether oxygens (including phenoxy) is 3. The highest BCUT2D eigenvalue weighted by molar-refractivity contribution is 5.93. The molecule has 0 aliphatic carbocycles. The van der Waals surface area contributed by atoms with Gasteiger partial charge < -0.3 is 18.8 Å².